The molecule has 1 saturated carbocycles. The number of hydrogen-bond donors (Lipinski definition) is 0. The van der Waals surface area contributed by atoms with Crippen LogP contribution in [0.25, 0.3) is 44.6 Å². The van der Waals surface area contributed by atoms with Gasteiger partial charge in [0.15, 0.2) is 0 Å². The van der Waals surface area contributed by atoms with Crippen LogP contribution in [-0.4, -0.2) is 14.5 Å². The Morgan fingerprint density at radius 2 is 1.50 bits per heavy atom. The smallest absolute Gasteiger partial charge is 0.235 e. The van der Waals surface area contributed by atoms with Gasteiger partial charge >= 0.3 is 0 Å². The standard InChI is InChI=1S/C42H32N4/c1-28-13-5-2-10-18-35-39(45(28)33-16-8-4-9-17-33)23-24-40-41(35)34-19-11-12-20-38(34)46(40)42-43-36(29-14-6-3-7-15-29)27-37(44-42)31-22-21-30-25-32(30)26-31/h2-17,19-24,26-27,30,32H,1,18,25H2/b10-2-,13-5-. The summed E-state index contributed by atoms with van der Waals surface area (Å²) in [7, 11) is 0. The zero-order valence-electron chi connectivity index (χ0n) is 25.4. The molecule has 0 bridgehead atoms. The fraction of sp³-hybridized carbons (Fsp3) is 0.0952. The lowest BCUT2D eigenvalue weighted by atomic mass is 10.00. The molecule has 46 heavy (non-hydrogen) atoms. The Labute approximate surface area is 268 Å². The van der Waals surface area contributed by atoms with Gasteiger partial charge in [-0.15, -0.1) is 0 Å². The van der Waals surface area contributed by atoms with Crippen molar-refractivity contribution in [3.05, 3.63) is 169 Å². The van der Waals surface area contributed by atoms with Gasteiger partial charge in [0.1, 0.15) is 0 Å². The Balaban J connectivity index is 1.32. The lowest BCUT2D eigenvalue weighted by Crippen LogP contribution is -2.16. The van der Waals surface area contributed by atoms with E-state index in [-0.39, 0.29) is 0 Å². The van der Waals surface area contributed by atoms with Gasteiger partial charge in [0.05, 0.1) is 28.1 Å². The largest absolute Gasteiger partial charge is 0.311 e. The van der Waals surface area contributed by atoms with Crippen LogP contribution in [0.3, 0.4) is 0 Å². The van der Waals surface area contributed by atoms with E-state index >= 15 is 0 Å². The maximum absolute atomic E-state index is 5.30. The molecule has 4 nitrogen and oxygen atoms in total. The second-order valence-electron chi connectivity index (χ2n) is 12.3. The lowest BCUT2D eigenvalue weighted by Gasteiger charge is -2.28. The third-order valence-corrected chi connectivity index (χ3v) is 9.41. The van der Waals surface area contributed by atoms with Crippen LogP contribution in [-0.2, 0) is 6.42 Å². The maximum Gasteiger partial charge on any atom is 0.235 e. The van der Waals surface area contributed by atoms with Crippen molar-refractivity contribution in [1.29, 1.82) is 0 Å². The van der Waals surface area contributed by atoms with Gasteiger partial charge < -0.3 is 4.90 Å². The van der Waals surface area contributed by atoms with Crippen LogP contribution >= 0.6 is 0 Å². The van der Waals surface area contributed by atoms with Crippen LogP contribution in [0.1, 0.15) is 17.7 Å². The number of benzene rings is 4. The molecule has 4 heteroatoms. The summed E-state index contributed by atoms with van der Waals surface area (Å²) in [5.74, 6) is 2.00. The molecule has 0 saturated heterocycles. The molecule has 3 heterocycles. The molecule has 1 fully saturated rings. The normalized spacial score (nSPS) is 20.0. The second kappa shape index (κ2) is 10.7. The highest BCUT2D eigenvalue weighted by Gasteiger charge is 2.35. The molecule has 2 unspecified atom stereocenters. The summed E-state index contributed by atoms with van der Waals surface area (Å²) >= 11 is 0. The Morgan fingerprint density at radius 1 is 0.717 bits per heavy atom. The minimum Gasteiger partial charge on any atom is -0.311 e. The molecule has 1 aliphatic heterocycles. The van der Waals surface area contributed by atoms with Crippen molar-refractivity contribution in [2.45, 2.75) is 12.8 Å². The maximum atomic E-state index is 5.30. The van der Waals surface area contributed by atoms with Gasteiger partial charge in [-0.05, 0) is 78.3 Å². The highest BCUT2D eigenvalue weighted by molar-refractivity contribution is 6.12. The molecule has 0 amide bonds. The summed E-state index contributed by atoms with van der Waals surface area (Å²) in [5, 5.41) is 2.39. The first-order valence-corrected chi connectivity index (χ1v) is 16.0. The molecular weight excluding hydrogens is 560 g/mol. The Kier molecular flexibility index (Phi) is 6.20. The topological polar surface area (TPSA) is 34.0 Å². The lowest BCUT2D eigenvalue weighted by molar-refractivity contribution is 0.965. The van der Waals surface area contributed by atoms with E-state index in [1.165, 1.54) is 28.3 Å². The molecule has 0 N–H and O–H groups in total. The fourth-order valence-corrected chi connectivity index (χ4v) is 7.07. The zero-order valence-corrected chi connectivity index (χ0v) is 25.4. The van der Waals surface area contributed by atoms with E-state index in [4.69, 9.17) is 9.97 Å². The van der Waals surface area contributed by atoms with E-state index in [2.05, 4.69) is 156 Å². The summed E-state index contributed by atoms with van der Waals surface area (Å²) in [6.45, 7) is 4.48. The zero-order chi connectivity index (χ0) is 30.6. The van der Waals surface area contributed by atoms with E-state index in [0.717, 1.165) is 51.5 Å². The number of rotatable bonds is 4. The quantitative estimate of drug-likeness (QED) is 0.204. The summed E-state index contributed by atoms with van der Waals surface area (Å²) < 4.78 is 2.25. The number of nitrogens with zero attached hydrogens (tertiary/aromatic N) is 4. The molecule has 2 atom stereocenters. The minimum absolute atomic E-state index is 0.625. The second-order valence-corrected chi connectivity index (χ2v) is 12.3. The molecular formula is C42H32N4. The van der Waals surface area contributed by atoms with Crippen LogP contribution in [0.15, 0.2) is 158 Å². The van der Waals surface area contributed by atoms with Gasteiger partial charge in [-0.25, -0.2) is 9.97 Å². The van der Waals surface area contributed by atoms with Gasteiger partial charge in [-0.1, -0.05) is 110 Å². The molecule has 0 spiro atoms. The molecule has 9 rings (SSSR count). The number of fused-ring (bicyclic) bond motifs is 6. The van der Waals surface area contributed by atoms with Gasteiger partial charge in [-0.2, -0.15) is 0 Å². The number of aromatic nitrogens is 3. The average Bonchev–Trinajstić information content (AvgIpc) is 3.80. The van der Waals surface area contributed by atoms with Crippen LogP contribution in [0.5, 0.6) is 0 Å². The van der Waals surface area contributed by atoms with Crippen LogP contribution in [0, 0.1) is 11.8 Å². The molecule has 0 radical (unpaired) electrons. The van der Waals surface area contributed by atoms with Crippen LogP contribution in [0.4, 0.5) is 11.4 Å². The SMILES string of the molecule is C=C1/C=C\C=C/Cc2c(ccc3c2c2ccccc2n3-c2nc(C3=CC4CC4C=C3)cc(-c3ccccc3)n2)N1c1ccccc1. The summed E-state index contributed by atoms with van der Waals surface area (Å²) in [4.78, 5) is 12.8. The van der Waals surface area contributed by atoms with Crippen molar-refractivity contribution < 1.29 is 0 Å². The summed E-state index contributed by atoms with van der Waals surface area (Å²) in [6.07, 6.45) is 17.5. The number of para-hydroxylation sites is 2. The number of anilines is 2. The van der Waals surface area contributed by atoms with Crippen molar-refractivity contribution in [2.75, 3.05) is 4.90 Å². The minimum atomic E-state index is 0.625. The van der Waals surface area contributed by atoms with E-state index in [1.807, 2.05) is 6.07 Å². The number of allylic oxidation sites excluding steroid dienone is 8. The van der Waals surface area contributed by atoms with Crippen molar-refractivity contribution in [1.82, 2.24) is 14.5 Å². The summed E-state index contributed by atoms with van der Waals surface area (Å²) in [6, 6.07) is 36.2. The van der Waals surface area contributed by atoms with Gasteiger partial charge in [0, 0.05) is 27.7 Å². The third kappa shape index (κ3) is 4.45. The first-order valence-electron chi connectivity index (χ1n) is 16.0. The molecule has 2 aliphatic carbocycles. The highest BCUT2D eigenvalue weighted by atomic mass is 15.2. The van der Waals surface area contributed by atoms with E-state index < -0.39 is 0 Å². The van der Waals surface area contributed by atoms with E-state index in [9.17, 15) is 0 Å². The molecule has 6 aromatic rings. The van der Waals surface area contributed by atoms with Gasteiger partial charge in [0.25, 0.3) is 0 Å². The van der Waals surface area contributed by atoms with Crippen molar-refractivity contribution in [2.24, 2.45) is 11.8 Å². The van der Waals surface area contributed by atoms with E-state index in [1.54, 1.807) is 0 Å². The molecule has 220 valence electrons. The average molecular weight is 593 g/mol. The third-order valence-electron chi connectivity index (χ3n) is 9.41. The molecule has 3 aliphatic rings. The van der Waals surface area contributed by atoms with Crippen molar-refractivity contribution in [3.63, 3.8) is 0 Å². The highest BCUT2D eigenvalue weighted by Crippen LogP contribution is 2.46. The first kappa shape index (κ1) is 26.6. The number of hydrogen-bond acceptors (Lipinski definition) is 3. The fourth-order valence-electron chi connectivity index (χ4n) is 7.07. The van der Waals surface area contributed by atoms with Crippen LogP contribution in [0.2, 0.25) is 0 Å². The Bertz CT molecular complexity index is 2290. The van der Waals surface area contributed by atoms with Gasteiger partial charge in [-0.3, -0.25) is 4.57 Å². The van der Waals surface area contributed by atoms with Crippen molar-refractivity contribution >= 4 is 38.8 Å². The van der Waals surface area contributed by atoms with Crippen LogP contribution < -0.4 is 4.90 Å². The molecule has 4 aromatic carbocycles. The first-order chi connectivity index (χ1) is 22.7. The summed E-state index contributed by atoms with van der Waals surface area (Å²) in [5.41, 5.74) is 10.7. The predicted octanol–water partition coefficient (Wildman–Crippen LogP) is 10.2. The predicted molar refractivity (Wildman–Crippen MR) is 190 cm³/mol. The van der Waals surface area contributed by atoms with Gasteiger partial charge in [0.2, 0.25) is 5.95 Å². The Morgan fingerprint density at radius 3 is 2.35 bits per heavy atom. The monoisotopic (exact) mass is 592 g/mol. The molecule has 2 aromatic heterocycles. The van der Waals surface area contributed by atoms with E-state index in [0.29, 0.717) is 17.8 Å². The van der Waals surface area contributed by atoms with Crippen molar-refractivity contribution in [3.8, 4) is 17.2 Å². The Hall–Kier alpha value is -5.74.